The number of benzene rings is 1. The molecule has 0 fully saturated rings. The maximum Gasteiger partial charge on any atom is 0.376 e. The van der Waals surface area contributed by atoms with Gasteiger partial charge < -0.3 is 14.6 Å². The van der Waals surface area contributed by atoms with Gasteiger partial charge in [0.05, 0.1) is 6.61 Å². The maximum atomic E-state index is 9.62. The zero-order valence-corrected chi connectivity index (χ0v) is 11.1. The molecule has 1 aromatic rings. The van der Waals surface area contributed by atoms with E-state index in [4.69, 9.17) is 4.74 Å². The van der Waals surface area contributed by atoms with Gasteiger partial charge in [-0.3, -0.25) is 0 Å². The molecule has 3 nitrogen and oxygen atoms in total. The Morgan fingerprint density at radius 3 is 2.94 bits per heavy atom. The molecule has 86 valence electrons. The van der Waals surface area contributed by atoms with Gasteiger partial charge in [-0.05, 0) is 31.4 Å². The molecule has 0 amide bonds. The molecule has 0 aliphatic carbocycles. The summed E-state index contributed by atoms with van der Waals surface area (Å²) in [5.74, 6) is 0.964. The van der Waals surface area contributed by atoms with Gasteiger partial charge in [-0.25, -0.2) is 0 Å². The van der Waals surface area contributed by atoms with E-state index >= 15 is 0 Å². The van der Waals surface area contributed by atoms with Crippen LogP contribution in [0, 0.1) is 6.92 Å². The first kappa shape index (κ1) is 12.0. The van der Waals surface area contributed by atoms with Gasteiger partial charge in [-0.15, -0.1) is 0 Å². The quantitative estimate of drug-likeness (QED) is 0.801. The summed E-state index contributed by atoms with van der Waals surface area (Å²) in [5.41, 5.74) is 2.27. The number of ether oxygens (including phenoxy) is 1. The standard InChI is InChI=1S/C11H15BBrNO2/c1-8-5-10(13)6-9-7-14(12(2)15)3-4-16-11(8)9/h5-6,15H,3-4,7H2,1-2H3. The molecule has 0 bridgehead atoms. The number of fused-ring (bicyclic) bond motifs is 1. The highest BCUT2D eigenvalue weighted by molar-refractivity contribution is 9.10. The second kappa shape index (κ2) is 4.78. The third-order valence-corrected chi connectivity index (χ3v) is 3.30. The number of hydrogen-bond acceptors (Lipinski definition) is 3. The fourth-order valence-electron chi connectivity index (χ4n) is 2.01. The van der Waals surface area contributed by atoms with Gasteiger partial charge in [0.25, 0.3) is 0 Å². The van der Waals surface area contributed by atoms with E-state index in [1.807, 2.05) is 11.7 Å². The minimum absolute atomic E-state index is 0.436. The summed E-state index contributed by atoms with van der Waals surface area (Å²) in [6, 6.07) is 4.11. The van der Waals surface area contributed by atoms with Crippen LogP contribution in [0.5, 0.6) is 5.75 Å². The van der Waals surface area contributed by atoms with E-state index in [2.05, 4.69) is 28.1 Å². The van der Waals surface area contributed by atoms with Crippen molar-refractivity contribution in [3.8, 4) is 5.75 Å². The average Bonchev–Trinajstić information content (AvgIpc) is 2.39. The van der Waals surface area contributed by atoms with E-state index in [0.717, 1.165) is 34.4 Å². The molecule has 1 aliphatic rings. The van der Waals surface area contributed by atoms with Crippen LogP contribution < -0.4 is 4.74 Å². The van der Waals surface area contributed by atoms with Gasteiger partial charge in [0.15, 0.2) is 0 Å². The Balaban J connectivity index is 2.36. The van der Waals surface area contributed by atoms with E-state index in [0.29, 0.717) is 6.61 Å². The van der Waals surface area contributed by atoms with Gasteiger partial charge in [-0.2, -0.15) is 0 Å². The Labute approximate surface area is 105 Å². The molecular formula is C11H15BBrNO2. The van der Waals surface area contributed by atoms with Crippen molar-refractivity contribution in [3.63, 3.8) is 0 Å². The summed E-state index contributed by atoms with van der Waals surface area (Å²) in [5, 5.41) is 9.62. The Morgan fingerprint density at radius 1 is 1.50 bits per heavy atom. The largest absolute Gasteiger partial charge is 0.492 e. The summed E-state index contributed by atoms with van der Waals surface area (Å²) < 4.78 is 6.80. The highest BCUT2D eigenvalue weighted by Crippen LogP contribution is 2.30. The van der Waals surface area contributed by atoms with Crippen molar-refractivity contribution in [2.75, 3.05) is 13.2 Å². The second-order valence-corrected chi connectivity index (χ2v) is 5.08. The number of aryl methyl sites for hydroxylation is 1. The number of halogens is 1. The third kappa shape index (κ3) is 2.42. The summed E-state index contributed by atoms with van der Waals surface area (Å²) >= 11 is 3.49. The molecule has 0 spiro atoms. The number of nitrogens with zero attached hydrogens (tertiary/aromatic N) is 1. The summed E-state index contributed by atoms with van der Waals surface area (Å²) in [4.78, 5) is 2.00. The highest BCUT2D eigenvalue weighted by Gasteiger charge is 2.22. The Morgan fingerprint density at radius 2 is 2.25 bits per heavy atom. The van der Waals surface area contributed by atoms with Crippen LogP contribution in [0.15, 0.2) is 16.6 Å². The van der Waals surface area contributed by atoms with E-state index in [1.54, 1.807) is 6.82 Å². The Kier molecular flexibility index (Phi) is 3.57. The lowest BCUT2D eigenvalue weighted by atomic mass is 9.84. The van der Waals surface area contributed by atoms with Gasteiger partial charge in [0, 0.05) is 23.1 Å². The van der Waals surface area contributed by atoms with Crippen molar-refractivity contribution in [3.05, 3.63) is 27.7 Å². The smallest absolute Gasteiger partial charge is 0.376 e. The van der Waals surface area contributed by atoms with Crippen molar-refractivity contribution in [2.24, 2.45) is 0 Å². The first-order valence-electron chi connectivity index (χ1n) is 5.42. The van der Waals surface area contributed by atoms with Gasteiger partial charge >= 0.3 is 7.05 Å². The van der Waals surface area contributed by atoms with Gasteiger partial charge in [0.1, 0.15) is 5.75 Å². The van der Waals surface area contributed by atoms with Crippen LogP contribution >= 0.6 is 15.9 Å². The predicted molar refractivity (Wildman–Crippen MR) is 68.6 cm³/mol. The molecule has 0 saturated heterocycles. The van der Waals surface area contributed by atoms with Crippen LogP contribution in [0.3, 0.4) is 0 Å². The fraction of sp³-hybridized carbons (Fsp3) is 0.455. The molecule has 5 heteroatoms. The molecule has 0 saturated carbocycles. The molecule has 1 aliphatic heterocycles. The maximum absolute atomic E-state index is 9.62. The van der Waals surface area contributed by atoms with Crippen molar-refractivity contribution in [2.45, 2.75) is 20.3 Å². The van der Waals surface area contributed by atoms with Crippen molar-refractivity contribution in [1.82, 2.24) is 4.81 Å². The normalized spacial score (nSPS) is 16.2. The molecule has 1 heterocycles. The van der Waals surface area contributed by atoms with Crippen LogP contribution in [-0.4, -0.2) is 30.0 Å². The lowest BCUT2D eigenvalue weighted by Crippen LogP contribution is -2.37. The minimum Gasteiger partial charge on any atom is -0.492 e. The molecule has 0 atom stereocenters. The van der Waals surface area contributed by atoms with Gasteiger partial charge in [-0.1, -0.05) is 15.9 Å². The van der Waals surface area contributed by atoms with Crippen molar-refractivity contribution in [1.29, 1.82) is 0 Å². The van der Waals surface area contributed by atoms with Gasteiger partial charge in [0.2, 0.25) is 0 Å². The third-order valence-electron chi connectivity index (χ3n) is 2.84. The summed E-state index contributed by atoms with van der Waals surface area (Å²) in [6.07, 6.45) is 0. The Bertz CT molecular complexity index is 398. The van der Waals surface area contributed by atoms with E-state index in [9.17, 15) is 5.02 Å². The second-order valence-electron chi connectivity index (χ2n) is 4.16. The number of hydrogen-bond donors (Lipinski definition) is 1. The van der Waals surface area contributed by atoms with E-state index < -0.39 is 7.05 Å². The molecule has 1 N–H and O–H groups in total. The molecule has 1 aromatic carbocycles. The Hall–Kier alpha value is -0.515. The zero-order valence-electron chi connectivity index (χ0n) is 9.53. The SMILES string of the molecule is CB(O)N1CCOc2c(C)cc(Br)cc2C1. The lowest BCUT2D eigenvalue weighted by Gasteiger charge is -2.19. The van der Waals surface area contributed by atoms with Crippen LogP contribution in [0.4, 0.5) is 0 Å². The fourth-order valence-corrected chi connectivity index (χ4v) is 2.62. The monoisotopic (exact) mass is 283 g/mol. The minimum atomic E-state index is -0.436. The topological polar surface area (TPSA) is 32.7 Å². The summed E-state index contributed by atoms with van der Waals surface area (Å²) in [6.45, 7) is 5.94. The van der Waals surface area contributed by atoms with E-state index in [-0.39, 0.29) is 0 Å². The molecule has 2 rings (SSSR count). The van der Waals surface area contributed by atoms with Crippen molar-refractivity contribution < 1.29 is 9.76 Å². The molecule has 16 heavy (non-hydrogen) atoms. The zero-order chi connectivity index (χ0) is 11.7. The molecule has 0 radical (unpaired) electrons. The average molecular weight is 284 g/mol. The van der Waals surface area contributed by atoms with Crippen LogP contribution in [0.1, 0.15) is 11.1 Å². The highest BCUT2D eigenvalue weighted by atomic mass is 79.9. The first-order chi connectivity index (χ1) is 7.58. The molecular weight excluding hydrogens is 269 g/mol. The predicted octanol–water partition coefficient (Wildman–Crippen LogP) is 2.06. The van der Waals surface area contributed by atoms with E-state index in [1.165, 1.54) is 0 Å². The number of rotatable bonds is 1. The molecule has 0 aromatic heterocycles. The van der Waals surface area contributed by atoms with Crippen LogP contribution in [-0.2, 0) is 6.54 Å². The molecule has 0 unspecified atom stereocenters. The van der Waals surface area contributed by atoms with Crippen molar-refractivity contribution >= 4 is 23.0 Å². The van der Waals surface area contributed by atoms with Crippen LogP contribution in [0.2, 0.25) is 6.82 Å². The van der Waals surface area contributed by atoms with Crippen LogP contribution in [0.25, 0.3) is 0 Å². The first-order valence-corrected chi connectivity index (χ1v) is 6.21. The lowest BCUT2D eigenvalue weighted by molar-refractivity contribution is 0.278. The summed E-state index contributed by atoms with van der Waals surface area (Å²) in [7, 11) is -0.436.